The molecule has 0 radical (unpaired) electrons. The summed E-state index contributed by atoms with van der Waals surface area (Å²) in [5.41, 5.74) is 6.73. The predicted octanol–water partition coefficient (Wildman–Crippen LogP) is 1.62. The van der Waals surface area contributed by atoms with Gasteiger partial charge >= 0.3 is 0 Å². The van der Waals surface area contributed by atoms with Crippen molar-refractivity contribution in [2.24, 2.45) is 5.73 Å². The van der Waals surface area contributed by atoms with Gasteiger partial charge in [0.05, 0.1) is 0 Å². The van der Waals surface area contributed by atoms with E-state index in [2.05, 4.69) is 4.98 Å². The first kappa shape index (κ1) is 8.50. The highest BCUT2D eigenvalue weighted by Gasteiger charge is 1.97. The molecule has 2 nitrogen and oxygen atoms in total. The van der Waals surface area contributed by atoms with Crippen molar-refractivity contribution < 1.29 is 0 Å². The quantitative estimate of drug-likeness (QED) is 0.686. The molecule has 2 N–H and O–H groups in total. The smallest absolute Gasteiger partial charge is 0.129 e. The van der Waals surface area contributed by atoms with Crippen LogP contribution in [-0.4, -0.2) is 11.0 Å². The summed E-state index contributed by atoms with van der Waals surface area (Å²) in [4.78, 5) is 3.94. The maximum absolute atomic E-state index is 5.61. The van der Waals surface area contributed by atoms with Gasteiger partial charge < -0.3 is 5.73 Å². The summed E-state index contributed by atoms with van der Waals surface area (Å²) in [7, 11) is 0. The van der Waals surface area contributed by atoms with E-state index in [1.54, 1.807) is 12.3 Å². The normalized spacial score (nSPS) is 13.0. The summed E-state index contributed by atoms with van der Waals surface area (Å²) in [6.07, 6.45) is 2.61. The predicted molar refractivity (Wildman–Crippen MR) is 46.6 cm³/mol. The zero-order valence-electron chi connectivity index (χ0n) is 6.42. The Morgan fingerprint density at radius 2 is 2.36 bits per heavy atom. The summed E-state index contributed by atoms with van der Waals surface area (Å²) in [6.45, 7) is 1.97. The van der Waals surface area contributed by atoms with Gasteiger partial charge in [-0.15, -0.1) is 0 Å². The number of hydrogen-bond donors (Lipinski definition) is 1. The lowest BCUT2D eigenvalue weighted by atomic mass is 10.1. The van der Waals surface area contributed by atoms with E-state index in [4.69, 9.17) is 17.3 Å². The molecule has 0 aliphatic rings. The number of pyridine rings is 1. The average molecular weight is 171 g/mol. The molecule has 1 unspecified atom stereocenters. The third-order valence-electron chi connectivity index (χ3n) is 1.35. The fourth-order valence-corrected chi connectivity index (χ4v) is 1.01. The second-order valence-electron chi connectivity index (χ2n) is 2.67. The van der Waals surface area contributed by atoms with Crippen molar-refractivity contribution in [1.29, 1.82) is 0 Å². The van der Waals surface area contributed by atoms with Crippen molar-refractivity contribution in [1.82, 2.24) is 4.98 Å². The van der Waals surface area contributed by atoms with E-state index < -0.39 is 0 Å². The molecule has 1 aromatic rings. The maximum atomic E-state index is 5.61. The fourth-order valence-electron chi connectivity index (χ4n) is 0.899. The molecule has 1 rings (SSSR count). The second kappa shape index (κ2) is 3.69. The molecule has 0 spiro atoms. The van der Waals surface area contributed by atoms with Gasteiger partial charge in [0.1, 0.15) is 5.15 Å². The Labute approximate surface area is 71.4 Å². The molecule has 0 aliphatic carbocycles. The van der Waals surface area contributed by atoms with Crippen LogP contribution < -0.4 is 5.73 Å². The van der Waals surface area contributed by atoms with Crippen molar-refractivity contribution in [2.45, 2.75) is 19.4 Å². The van der Waals surface area contributed by atoms with Crippen LogP contribution in [0.2, 0.25) is 5.15 Å². The first-order valence-corrected chi connectivity index (χ1v) is 3.92. The number of rotatable bonds is 2. The molecule has 11 heavy (non-hydrogen) atoms. The van der Waals surface area contributed by atoms with Gasteiger partial charge in [-0.25, -0.2) is 4.98 Å². The SMILES string of the molecule is CC(N)Cc1ccc(Cl)nc1. The summed E-state index contributed by atoms with van der Waals surface area (Å²) < 4.78 is 0. The van der Waals surface area contributed by atoms with Crippen LogP contribution >= 0.6 is 11.6 Å². The van der Waals surface area contributed by atoms with Crippen LogP contribution in [0.3, 0.4) is 0 Å². The zero-order chi connectivity index (χ0) is 8.27. The molecule has 0 aliphatic heterocycles. The Bertz CT molecular complexity index is 218. The highest BCUT2D eigenvalue weighted by Crippen LogP contribution is 2.06. The molecule has 0 aromatic carbocycles. The molecule has 1 aromatic heterocycles. The first-order valence-electron chi connectivity index (χ1n) is 3.54. The van der Waals surface area contributed by atoms with Crippen molar-refractivity contribution in [3.05, 3.63) is 29.0 Å². The van der Waals surface area contributed by atoms with Gasteiger partial charge in [-0.05, 0) is 25.0 Å². The van der Waals surface area contributed by atoms with Gasteiger partial charge in [0.15, 0.2) is 0 Å². The Morgan fingerprint density at radius 3 is 2.82 bits per heavy atom. The minimum absolute atomic E-state index is 0.179. The van der Waals surface area contributed by atoms with Crippen LogP contribution in [0.4, 0.5) is 0 Å². The number of halogens is 1. The third-order valence-corrected chi connectivity index (χ3v) is 1.57. The summed E-state index contributed by atoms with van der Waals surface area (Å²) >= 11 is 5.61. The largest absolute Gasteiger partial charge is 0.328 e. The van der Waals surface area contributed by atoms with E-state index >= 15 is 0 Å². The number of nitrogens with two attached hydrogens (primary N) is 1. The van der Waals surface area contributed by atoms with Crippen molar-refractivity contribution in [3.63, 3.8) is 0 Å². The Kier molecular flexibility index (Phi) is 2.85. The second-order valence-corrected chi connectivity index (χ2v) is 3.06. The zero-order valence-corrected chi connectivity index (χ0v) is 7.17. The van der Waals surface area contributed by atoms with Crippen LogP contribution in [-0.2, 0) is 6.42 Å². The van der Waals surface area contributed by atoms with Gasteiger partial charge in [0.2, 0.25) is 0 Å². The lowest BCUT2D eigenvalue weighted by Gasteiger charge is -2.03. The molecule has 1 atom stereocenters. The van der Waals surface area contributed by atoms with E-state index in [0.717, 1.165) is 12.0 Å². The molecular weight excluding hydrogens is 160 g/mol. The number of aromatic nitrogens is 1. The number of nitrogens with zero attached hydrogens (tertiary/aromatic N) is 1. The van der Waals surface area contributed by atoms with Crippen molar-refractivity contribution in [2.75, 3.05) is 0 Å². The molecule has 1 heterocycles. The van der Waals surface area contributed by atoms with Crippen molar-refractivity contribution >= 4 is 11.6 Å². The minimum Gasteiger partial charge on any atom is -0.328 e. The standard InChI is InChI=1S/C8H11ClN2/c1-6(10)4-7-2-3-8(9)11-5-7/h2-3,5-6H,4,10H2,1H3. The lowest BCUT2D eigenvalue weighted by Crippen LogP contribution is -2.17. The maximum Gasteiger partial charge on any atom is 0.129 e. The van der Waals surface area contributed by atoms with Gasteiger partial charge in [-0.1, -0.05) is 17.7 Å². The lowest BCUT2D eigenvalue weighted by molar-refractivity contribution is 0.736. The van der Waals surface area contributed by atoms with Gasteiger partial charge in [-0.2, -0.15) is 0 Å². The molecule has 0 amide bonds. The average Bonchev–Trinajstić information content (AvgIpc) is 1.93. The Morgan fingerprint density at radius 1 is 1.64 bits per heavy atom. The van der Waals surface area contributed by atoms with Crippen molar-refractivity contribution in [3.8, 4) is 0 Å². The summed E-state index contributed by atoms with van der Waals surface area (Å²) in [5.74, 6) is 0. The molecule has 3 heteroatoms. The van der Waals surface area contributed by atoms with E-state index in [9.17, 15) is 0 Å². The van der Waals surface area contributed by atoms with E-state index in [-0.39, 0.29) is 6.04 Å². The molecule has 0 fully saturated rings. The van der Waals surface area contributed by atoms with E-state index in [1.807, 2.05) is 13.0 Å². The van der Waals surface area contributed by atoms with E-state index in [1.165, 1.54) is 0 Å². The molecule has 0 saturated heterocycles. The van der Waals surface area contributed by atoms with Crippen LogP contribution in [0.5, 0.6) is 0 Å². The van der Waals surface area contributed by atoms with E-state index in [0.29, 0.717) is 5.15 Å². The van der Waals surface area contributed by atoms with Crippen LogP contribution in [0.15, 0.2) is 18.3 Å². The van der Waals surface area contributed by atoms with Gasteiger partial charge in [0.25, 0.3) is 0 Å². The highest BCUT2D eigenvalue weighted by molar-refractivity contribution is 6.29. The molecule has 0 bridgehead atoms. The van der Waals surface area contributed by atoms with Gasteiger partial charge in [-0.3, -0.25) is 0 Å². The van der Waals surface area contributed by atoms with Gasteiger partial charge in [0, 0.05) is 12.2 Å². The molecule has 0 saturated carbocycles. The number of hydrogen-bond acceptors (Lipinski definition) is 2. The molecular formula is C8H11ClN2. The van der Waals surface area contributed by atoms with Crippen LogP contribution in [0.1, 0.15) is 12.5 Å². The first-order chi connectivity index (χ1) is 5.18. The van der Waals surface area contributed by atoms with Crippen LogP contribution in [0.25, 0.3) is 0 Å². The summed E-state index contributed by atoms with van der Waals surface area (Å²) in [5, 5.41) is 0.526. The monoisotopic (exact) mass is 170 g/mol. The Balaban J connectivity index is 2.66. The Hall–Kier alpha value is -0.600. The topological polar surface area (TPSA) is 38.9 Å². The summed E-state index contributed by atoms with van der Waals surface area (Å²) in [6, 6.07) is 3.90. The fraction of sp³-hybridized carbons (Fsp3) is 0.375. The highest BCUT2D eigenvalue weighted by atomic mass is 35.5. The third kappa shape index (κ3) is 2.87. The molecule has 60 valence electrons. The minimum atomic E-state index is 0.179. The van der Waals surface area contributed by atoms with Crippen LogP contribution in [0, 0.1) is 0 Å².